The summed E-state index contributed by atoms with van der Waals surface area (Å²) in [6.45, 7) is 7.37. The Labute approximate surface area is 114 Å². The Balaban J connectivity index is 2.40. The van der Waals surface area contributed by atoms with E-state index >= 15 is 0 Å². The number of methoxy groups -OCH3 is 1. The zero-order valence-corrected chi connectivity index (χ0v) is 12.7. The van der Waals surface area contributed by atoms with Crippen molar-refractivity contribution in [3.05, 3.63) is 15.6 Å². The number of ether oxygens (including phenoxy) is 1. The number of thiazole rings is 1. The smallest absolute Gasteiger partial charge is 0.116 e. The highest BCUT2D eigenvalue weighted by molar-refractivity contribution is 7.11. The molecule has 0 saturated heterocycles. The second-order valence-electron chi connectivity index (χ2n) is 5.13. The van der Waals surface area contributed by atoms with Gasteiger partial charge >= 0.3 is 0 Å². The highest BCUT2D eigenvalue weighted by atomic mass is 32.1. The summed E-state index contributed by atoms with van der Waals surface area (Å²) in [6, 6.07) is 0. The average Bonchev–Trinajstić information content (AvgIpc) is 2.71. The van der Waals surface area contributed by atoms with E-state index in [2.05, 4.69) is 26.1 Å². The molecular formula is C14H24N2OS. The molecule has 1 saturated carbocycles. The van der Waals surface area contributed by atoms with Gasteiger partial charge in [0.2, 0.25) is 0 Å². The summed E-state index contributed by atoms with van der Waals surface area (Å²) >= 11 is 1.83. The van der Waals surface area contributed by atoms with Gasteiger partial charge in [-0.05, 0) is 33.2 Å². The van der Waals surface area contributed by atoms with Gasteiger partial charge < -0.3 is 10.1 Å². The molecule has 4 heteroatoms. The molecule has 0 aromatic carbocycles. The van der Waals surface area contributed by atoms with E-state index in [4.69, 9.17) is 9.72 Å². The lowest BCUT2D eigenvalue weighted by Gasteiger charge is -2.42. The number of hydrogen-bond acceptors (Lipinski definition) is 4. The van der Waals surface area contributed by atoms with Gasteiger partial charge in [0.15, 0.2) is 0 Å². The summed E-state index contributed by atoms with van der Waals surface area (Å²) in [5.74, 6) is 0. The quantitative estimate of drug-likeness (QED) is 0.911. The molecule has 1 aromatic rings. The van der Waals surface area contributed by atoms with E-state index < -0.39 is 0 Å². The van der Waals surface area contributed by atoms with Crippen LogP contribution in [0.25, 0.3) is 0 Å². The molecule has 3 nitrogen and oxygen atoms in total. The number of nitrogens with one attached hydrogen (secondary N) is 1. The summed E-state index contributed by atoms with van der Waals surface area (Å²) in [5, 5.41) is 4.89. The molecule has 0 radical (unpaired) electrons. The Hall–Kier alpha value is -0.450. The van der Waals surface area contributed by atoms with Gasteiger partial charge in [-0.15, -0.1) is 11.3 Å². The van der Waals surface area contributed by atoms with Crippen LogP contribution in [-0.2, 0) is 10.3 Å². The molecule has 1 N–H and O–H groups in total. The molecular weight excluding hydrogens is 244 g/mol. The van der Waals surface area contributed by atoms with Crippen LogP contribution in [0.2, 0.25) is 0 Å². The molecule has 2 rings (SSSR count). The van der Waals surface area contributed by atoms with Crippen LogP contribution in [-0.4, -0.2) is 24.7 Å². The Morgan fingerprint density at radius 3 is 2.78 bits per heavy atom. The van der Waals surface area contributed by atoms with Crippen LogP contribution in [0.3, 0.4) is 0 Å². The zero-order valence-electron chi connectivity index (χ0n) is 11.9. The molecule has 1 aromatic heterocycles. The van der Waals surface area contributed by atoms with E-state index in [1.807, 2.05) is 18.4 Å². The molecule has 1 aliphatic rings. The van der Waals surface area contributed by atoms with Gasteiger partial charge in [0.05, 0.1) is 17.3 Å². The lowest BCUT2D eigenvalue weighted by molar-refractivity contribution is -0.0148. The highest BCUT2D eigenvalue weighted by Gasteiger charge is 2.44. The standard InChI is InChI=1S/C14H24N2OS/c1-5-15-14(9-7-6-8-12(14)17-4)13-16-10(2)11(3)18-13/h12,15H,5-9H2,1-4H3. The van der Waals surface area contributed by atoms with E-state index in [-0.39, 0.29) is 11.6 Å². The molecule has 1 aliphatic carbocycles. The van der Waals surface area contributed by atoms with Crippen molar-refractivity contribution >= 4 is 11.3 Å². The van der Waals surface area contributed by atoms with Crippen molar-refractivity contribution in [1.82, 2.24) is 10.3 Å². The van der Waals surface area contributed by atoms with E-state index in [1.54, 1.807) is 0 Å². The molecule has 0 aliphatic heterocycles. The maximum Gasteiger partial charge on any atom is 0.116 e. The average molecular weight is 268 g/mol. The van der Waals surface area contributed by atoms with Crippen LogP contribution in [0.4, 0.5) is 0 Å². The summed E-state index contributed by atoms with van der Waals surface area (Å²) in [7, 11) is 1.83. The van der Waals surface area contributed by atoms with Crippen molar-refractivity contribution in [2.75, 3.05) is 13.7 Å². The minimum absolute atomic E-state index is 0.0641. The van der Waals surface area contributed by atoms with Crippen molar-refractivity contribution < 1.29 is 4.74 Å². The molecule has 2 atom stereocenters. The maximum absolute atomic E-state index is 5.77. The fourth-order valence-corrected chi connectivity index (χ4v) is 4.12. The van der Waals surface area contributed by atoms with Gasteiger partial charge in [-0.25, -0.2) is 4.98 Å². The van der Waals surface area contributed by atoms with Crippen molar-refractivity contribution in [3.63, 3.8) is 0 Å². The molecule has 1 heterocycles. The molecule has 0 spiro atoms. The first-order valence-corrected chi connectivity index (χ1v) is 7.68. The van der Waals surface area contributed by atoms with E-state index in [0.29, 0.717) is 0 Å². The third kappa shape index (κ3) is 2.33. The third-order valence-corrected chi connectivity index (χ3v) is 5.27. The Bertz CT molecular complexity index is 381. The number of hydrogen-bond donors (Lipinski definition) is 1. The number of aromatic nitrogens is 1. The number of rotatable bonds is 4. The molecule has 18 heavy (non-hydrogen) atoms. The van der Waals surface area contributed by atoms with E-state index in [1.165, 1.54) is 22.7 Å². The largest absolute Gasteiger partial charge is 0.379 e. The van der Waals surface area contributed by atoms with Gasteiger partial charge in [0.25, 0.3) is 0 Å². The number of nitrogens with zero attached hydrogens (tertiary/aromatic N) is 1. The van der Waals surface area contributed by atoms with E-state index in [9.17, 15) is 0 Å². The lowest BCUT2D eigenvalue weighted by Crippen LogP contribution is -2.54. The Morgan fingerprint density at radius 2 is 2.22 bits per heavy atom. The predicted octanol–water partition coefficient (Wildman–Crippen LogP) is 3.15. The molecule has 1 fully saturated rings. The molecule has 2 unspecified atom stereocenters. The van der Waals surface area contributed by atoms with Gasteiger partial charge in [-0.3, -0.25) is 0 Å². The maximum atomic E-state index is 5.77. The molecule has 102 valence electrons. The minimum Gasteiger partial charge on any atom is -0.379 e. The fourth-order valence-electron chi connectivity index (χ4n) is 2.96. The summed E-state index contributed by atoms with van der Waals surface area (Å²) in [4.78, 5) is 6.12. The monoisotopic (exact) mass is 268 g/mol. The summed E-state index contributed by atoms with van der Waals surface area (Å²) in [6.07, 6.45) is 5.02. The second kappa shape index (κ2) is 5.68. The van der Waals surface area contributed by atoms with Crippen LogP contribution >= 0.6 is 11.3 Å². The molecule has 0 bridgehead atoms. The lowest BCUT2D eigenvalue weighted by atomic mass is 9.79. The van der Waals surface area contributed by atoms with Crippen LogP contribution in [0.5, 0.6) is 0 Å². The van der Waals surface area contributed by atoms with E-state index in [0.717, 1.165) is 25.1 Å². The van der Waals surface area contributed by atoms with Crippen LogP contribution in [0, 0.1) is 13.8 Å². The Kier molecular flexibility index (Phi) is 4.41. The molecule has 0 amide bonds. The predicted molar refractivity (Wildman–Crippen MR) is 76.2 cm³/mol. The van der Waals surface area contributed by atoms with Gasteiger partial charge in [-0.2, -0.15) is 0 Å². The summed E-state index contributed by atoms with van der Waals surface area (Å²) < 4.78 is 5.77. The van der Waals surface area contributed by atoms with Crippen LogP contribution < -0.4 is 5.32 Å². The first kappa shape index (κ1) is 14.0. The highest BCUT2D eigenvalue weighted by Crippen LogP contribution is 2.41. The third-order valence-electron chi connectivity index (χ3n) is 4.02. The first-order valence-electron chi connectivity index (χ1n) is 6.86. The zero-order chi connectivity index (χ0) is 13.2. The Morgan fingerprint density at radius 1 is 1.44 bits per heavy atom. The van der Waals surface area contributed by atoms with Crippen LogP contribution in [0.15, 0.2) is 0 Å². The number of aryl methyl sites for hydroxylation is 2. The normalized spacial score (nSPS) is 28.6. The van der Waals surface area contributed by atoms with Gasteiger partial charge in [-0.1, -0.05) is 19.8 Å². The summed E-state index contributed by atoms with van der Waals surface area (Å²) in [5.41, 5.74) is 1.10. The van der Waals surface area contributed by atoms with Crippen molar-refractivity contribution in [1.29, 1.82) is 0 Å². The SMILES string of the molecule is CCNC1(c2nc(C)c(C)s2)CCCCC1OC. The number of likely N-dealkylation sites (N-methyl/N-ethyl adjacent to an activating group) is 1. The van der Waals surface area contributed by atoms with Crippen molar-refractivity contribution in [2.45, 2.75) is 58.1 Å². The first-order chi connectivity index (χ1) is 8.64. The second-order valence-corrected chi connectivity index (χ2v) is 6.34. The minimum atomic E-state index is -0.0641. The van der Waals surface area contributed by atoms with Gasteiger partial charge in [0, 0.05) is 12.0 Å². The fraction of sp³-hybridized carbons (Fsp3) is 0.786. The van der Waals surface area contributed by atoms with Gasteiger partial charge in [0.1, 0.15) is 5.01 Å². The van der Waals surface area contributed by atoms with Crippen molar-refractivity contribution in [2.24, 2.45) is 0 Å². The van der Waals surface area contributed by atoms with Crippen LogP contribution in [0.1, 0.15) is 48.2 Å². The van der Waals surface area contributed by atoms with Crippen molar-refractivity contribution in [3.8, 4) is 0 Å². The topological polar surface area (TPSA) is 34.2 Å².